The Kier molecular flexibility index (Phi) is 3.09. The molecule has 0 bridgehead atoms. The predicted molar refractivity (Wildman–Crippen MR) is 84.2 cm³/mol. The van der Waals surface area contributed by atoms with E-state index in [9.17, 15) is 0 Å². The summed E-state index contributed by atoms with van der Waals surface area (Å²) in [6.45, 7) is 9.65. The third kappa shape index (κ3) is 1.92. The van der Waals surface area contributed by atoms with Crippen molar-refractivity contribution in [3.05, 3.63) is 64.6 Å². The van der Waals surface area contributed by atoms with Gasteiger partial charge < -0.3 is 4.57 Å². The highest BCUT2D eigenvalue weighted by Crippen LogP contribution is 2.30. The second-order valence-electron chi connectivity index (χ2n) is 5.54. The van der Waals surface area contributed by atoms with Gasteiger partial charge in [0.25, 0.3) is 0 Å². The number of hydrogen-bond donors (Lipinski definition) is 0. The Morgan fingerprint density at radius 1 is 0.950 bits per heavy atom. The van der Waals surface area contributed by atoms with E-state index < -0.39 is 0 Å². The van der Waals surface area contributed by atoms with Gasteiger partial charge in [0.15, 0.2) is 0 Å². The van der Waals surface area contributed by atoms with Crippen molar-refractivity contribution in [1.29, 1.82) is 0 Å². The third-order valence-corrected chi connectivity index (χ3v) is 4.23. The van der Waals surface area contributed by atoms with E-state index >= 15 is 0 Å². The fourth-order valence-corrected chi connectivity index (χ4v) is 3.02. The highest BCUT2D eigenvalue weighted by atomic mass is 15.0. The van der Waals surface area contributed by atoms with Crippen molar-refractivity contribution >= 4 is 10.9 Å². The number of aryl methyl sites for hydroxylation is 3. The van der Waals surface area contributed by atoms with Gasteiger partial charge in [-0.15, -0.1) is 0 Å². The van der Waals surface area contributed by atoms with E-state index in [1.165, 1.54) is 33.3 Å². The van der Waals surface area contributed by atoms with Crippen LogP contribution in [0.1, 0.15) is 28.1 Å². The molecule has 3 rings (SSSR count). The molecule has 0 saturated heterocycles. The van der Waals surface area contributed by atoms with Gasteiger partial charge in [-0.25, -0.2) is 0 Å². The highest BCUT2D eigenvalue weighted by Gasteiger charge is 2.14. The monoisotopic (exact) mass is 264 g/mol. The first-order valence-electron chi connectivity index (χ1n) is 7.05. The van der Waals surface area contributed by atoms with Crippen LogP contribution in [-0.2, 0) is 6.54 Å². The smallest absolute Gasteiger partial charge is 0.0651 e. The lowest BCUT2D eigenvalue weighted by Crippen LogP contribution is -2.04. The largest absolute Gasteiger partial charge is 0.338 e. The van der Waals surface area contributed by atoms with Gasteiger partial charge in [-0.2, -0.15) is 0 Å². The summed E-state index contributed by atoms with van der Waals surface area (Å²) in [4.78, 5) is 4.46. The summed E-state index contributed by atoms with van der Waals surface area (Å²) in [6, 6.07) is 10.5. The summed E-state index contributed by atoms with van der Waals surface area (Å²) in [5.74, 6) is 0. The van der Waals surface area contributed by atoms with E-state index in [0.29, 0.717) is 0 Å². The van der Waals surface area contributed by atoms with Crippen molar-refractivity contribution in [2.45, 2.75) is 34.2 Å². The zero-order chi connectivity index (χ0) is 14.3. The number of nitrogens with zero attached hydrogens (tertiary/aromatic N) is 2. The Balaban J connectivity index is 2.25. The van der Waals surface area contributed by atoms with Crippen molar-refractivity contribution in [1.82, 2.24) is 9.55 Å². The Morgan fingerprint density at radius 2 is 1.70 bits per heavy atom. The Labute approximate surface area is 120 Å². The van der Waals surface area contributed by atoms with E-state index in [2.05, 4.69) is 55.4 Å². The number of aromatic nitrogens is 2. The van der Waals surface area contributed by atoms with Crippen LogP contribution in [0.2, 0.25) is 0 Å². The Morgan fingerprint density at radius 3 is 2.40 bits per heavy atom. The first-order valence-corrected chi connectivity index (χ1v) is 7.05. The van der Waals surface area contributed by atoms with E-state index in [1.807, 2.05) is 18.3 Å². The normalized spacial score (nSPS) is 11.2. The minimum atomic E-state index is 0.835. The van der Waals surface area contributed by atoms with Crippen molar-refractivity contribution in [3.8, 4) is 0 Å². The van der Waals surface area contributed by atoms with Gasteiger partial charge in [-0.3, -0.25) is 4.98 Å². The molecule has 0 aliphatic rings. The molecule has 3 aromatic rings. The molecular formula is C18H20N2. The third-order valence-electron chi connectivity index (χ3n) is 4.23. The molecule has 0 amide bonds. The van der Waals surface area contributed by atoms with Gasteiger partial charge in [0.05, 0.1) is 17.8 Å². The minimum Gasteiger partial charge on any atom is -0.338 e. The first kappa shape index (κ1) is 12.9. The second-order valence-corrected chi connectivity index (χ2v) is 5.54. The van der Waals surface area contributed by atoms with Gasteiger partial charge in [0.1, 0.15) is 0 Å². The maximum Gasteiger partial charge on any atom is 0.0651 e. The maximum absolute atomic E-state index is 4.46. The van der Waals surface area contributed by atoms with Crippen LogP contribution in [0.3, 0.4) is 0 Å². The van der Waals surface area contributed by atoms with Crippen LogP contribution in [0.4, 0.5) is 0 Å². The molecule has 0 unspecified atom stereocenters. The van der Waals surface area contributed by atoms with Gasteiger partial charge in [0.2, 0.25) is 0 Å². The van der Waals surface area contributed by atoms with Crippen LogP contribution < -0.4 is 0 Å². The van der Waals surface area contributed by atoms with E-state index in [-0.39, 0.29) is 0 Å². The average Bonchev–Trinajstić information content (AvgIpc) is 2.70. The molecule has 0 N–H and O–H groups in total. The zero-order valence-electron chi connectivity index (χ0n) is 12.6. The average molecular weight is 264 g/mol. The topological polar surface area (TPSA) is 17.8 Å². The SMILES string of the molecule is Cc1ccc(C)c2c1c(C)c(C)n2Cc1ccccn1. The minimum absolute atomic E-state index is 0.835. The lowest BCUT2D eigenvalue weighted by atomic mass is 10.0. The van der Waals surface area contributed by atoms with Crippen LogP contribution in [0.5, 0.6) is 0 Å². The quantitative estimate of drug-likeness (QED) is 0.674. The number of fused-ring (bicyclic) bond motifs is 1. The molecule has 2 aromatic heterocycles. The molecule has 0 aliphatic carbocycles. The van der Waals surface area contributed by atoms with Gasteiger partial charge >= 0.3 is 0 Å². The summed E-state index contributed by atoms with van der Waals surface area (Å²) in [5, 5.41) is 1.40. The predicted octanol–water partition coefficient (Wildman–Crippen LogP) is 4.32. The van der Waals surface area contributed by atoms with Crippen molar-refractivity contribution in [3.63, 3.8) is 0 Å². The van der Waals surface area contributed by atoms with Crippen LogP contribution in [0.15, 0.2) is 36.5 Å². The van der Waals surface area contributed by atoms with Crippen molar-refractivity contribution in [2.24, 2.45) is 0 Å². The van der Waals surface area contributed by atoms with Gasteiger partial charge in [-0.05, 0) is 56.5 Å². The van der Waals surface area contributed by atoms with Crippen LogP contribution in [-0.4, -0.2) is 9.55 Å². The maximum atomic E-state index is 4.46. The molecule has 0 spiro atoms. The molecule has 0 saturated carbocycles. The fraction of sp³-hybridized carbons (Fsp3) is 0.278. The molecular weight excluding hydrogens is 244 g/mol. The molecule has 2 nitrogen and oxygen atoms in total. The summed E-state index contributed by atoms with van der Waals surface area (Å²) < 4.78 is 2.40. The molecule has 1 aromatic carbocycles. The van der Waals surface area contributed by atoms with Crippen LogP contribution in [0.25, 0.3) is 10.9 Å². The molecule has 0 fully saturated rings. The van der Waals surface area contributed by atoms with Crippen LogP contribution in [0, 0.1) is 27.7 Å². The van der Waals surface area contributed by atoms with Gasteiger partial charge in [-0.1, -0.05) is 18.2 Å². The molecule has 102 valence electrons. The van der Waals surface area contributed by atoms with E-state index in [4.69, 9.17) is 0 Å². The molecule has 20 heavy (non-hydrogen) atoms. The Bertz CT molecular complexity index is 767. The highest BCUT2D eigenvalue weighted by molar-refractivity contribution is 5.90. The first-order chi connectivity index (χ1) is 9.59. The number of benzene rings is 1. The second kappa shape index (κ2) is 4.78. The number of hydrogen-bond acceptors (Lipinski definition) is 1. The summed E-state index contributed by atoms with van der Waals surface area (Å²) in [7, 11) is 0. The van der Waals surface area contributed by atoms with Crippen molar-refractivity contribution < 1.29 is 0 Å². The fourth-order valence-electron chi connectivity index (χ4n) is 3.02. The molecule has 2 heterocycles. The molecule has 2 heteroatoms. The summed E-state index contributed by atoms with van der Waals surface area (Å²) in [6.07, 6.45) is 1.86. The van der Waals surface area contributed by atoms with E-state index in [1.54, 1.807) is 0 Å². The van der Waals surface area contributed by atoms with Gasteiger partial charge in [0, 0.05) is 17.3 Å². The molecule has 0 radical (unpaired) electrons. The number of rotatable bonds is 2. The van der Waals surface area contributed by atoms with Crippen molar-refractivity contribution in [2.75, 3.05) is 0 Å². The van der Waals surface area contributed by atoms with Crippen LogP contribution >= 0.6 is 0 Å². The van der Waals surface area contributed by atoms with E-state index in [0.717, 1.165) is 12.2 Å². The summed E-state index contributed by atoms with van der Waals surface area (Å²) in [5.41, 5.74) is 7.86. The lowest BCUT2D eigenvalue weighted by Gasteiger charge is -2.10. The zero-order valence-corrected chi connectivity index (χ0v) is 12.6. The lowest BCUT2D eigenvalue weighted by molar-refractivity contribution is 0.775. The molecule has 0 atom stereocenters. The summed E-state index contributed by atoms with van der Waals surface area (Å²) >= 11 is 0. The molecule has 0 aliphatic heterocycles. The standard InChI is InChI=1S/C18H20N2/c1-12-8-9-13(2)18-17(12)14(3)15(4)20(18)11-16-7-5-6-10-19-16/h5-10H,11H2,1-4H3. The number of pyridine rings is 1. The Hall–Kier alpha value is -2.09.